The van der Waals surface area contributed by atoms with Crippen LogP contribution in [0.3, 0.4) is 0 Å². The van der Waals surface area contributed by atoms with Crippen molar-refractivity contribution in [1.82, 2.24) is 15.1 Å². The Morgan fingerprint density at radius 2 is 1.84 bits per heavy atom. The van der Waals surface area contributed by atoms with E-state index in [1.165, 1.54) is 11.8 Å². The zero-order valence-corrected chi connectivity index (χ0v) is 14.2. The summed E-state index contributed by atoms with van der Waals surface area (Å²) in [6.07, 6.45) is 2.37. The molecular weight excluding hydrogens is 318 g/mol. The van der Waals surface area contributed by atoms with E-state index in [0.29, 0.717) is 6.54 Å². The van der Waals surface area contributed by atoms with Gasteiger partial charge in [0, 0.05) is 32.7 Å². The summed E-state index contributed by atoms with van der Waals surface area (Å²) in [5.74, 6) is -0.196. The number of rotatable bonds is 5. The molecule has 132 valence electrons. The van der Waals surface area contributed by atoms with Gasteiger partial charge in [-0.05, 0) is 24.1 Å². The molecule has 25 heavy (non-hydrogen) atoms. The van der Waals surface area contributed by atoms with Crippen molar-refractivity contribution >= 4 is 11.8 Å². The number of carbonyl (C=O) groups is 2. The van der Waals surface area contributed by atoms with Gasteiger partial charge in [0.25, 0.3) is 5.91 Å². The Bertz CT molecular complexity index is 685. The topological polar surface area (TPSA) is 65.8 Å². The highest BCUT2D eigenvalue weighted by molar-refractivity contribution is 5.94. The van der Waals surface area contributed by atoms with Crippen LogP contribution in [0.4, 0.5) is 0 Å². The molecule has 1 aliphatic heterocycles. The van der Waals surface area contributed by atoms with Crippen LogP contribution in [0, 0.1) is 0 Å². The maximum absolute atomic E-state index is 12.4. The summed E-state index contributed by atoms with van der Waals surface area (Å²) in [5, 5.41) is 2.62. The van der Waals surface area contributed by atoms with E-state index in [2.05, 4.69) is 22.3 Å². The quantitative estimate of drug-likeness (QED) is 0.900. The number of furan rings is 1. The SMILES string of the molecule is O=C(NCC(=O)N1CCCN(Cc2ccccc2)CC1)c1ccco1. The van der Waals surface area contributed by atoms with Crippen LogP contribution in [0.2, 0.25) is 0 Å². The van der Waals surface area contributed by atoms with E-state index in [-0.39, 0.29) is 24.1 Å². The van der Waals surface area contributed by atoms with Gasteiger partial charge < -0.3 is 14.6 Å². The maximum atomic E-state index is 12.4. The summed E-state index contributed by atoms with van der Waals surface area (Å²) in [5.41, 5.74) is 1.29. The minimum atomic E-state index is -0.362. The van der Waals surface area contributed by atoms with Gasteiger partial charge >= 0.3 is 0 Å². The van der Waals surface area contributed by atoms with Gasteiger partial charge in [-0.2, -0.15) is 0 Å². The molecule has 0 aliphatic carbocycles. The number of hydrogen-bond donors (Lipinski definition) is 1. The van der Waals surface area contributed by atoms with Crippen LogP contribution in [0.15, 0.2) is 53.1 Å². The molecule has 1 aromatic carbocycles. The van der Waals surface area contributed by atoms with Crippen LogP contribution in [0.5, 0.6) is 0 Å². The average molecular weight is 341 g/mol. The number of benzene rings is 1. The maximum Gasteiger partial charge on any atom is 0.287 e. The lowest BCUT2D eigenvalue weighted by atomic mass is 10.2. The molecule has 0 spiro atoms. The normalized spacial score (nSPS) is 15.6. The molecule has 2 aromatic rings. The van der Waals surface area contributed by atoms with Crippen LogP contribution in [0.25, 0.3) is 0 Å². The minimum absolute atomic E-state index is 0.00177. The first-order chi connectivity index (χ1) is 12.2. The van der Waals surface area contributed by atoms with Gasteiger partial charge in [-0.3, -0.25) is 14.5 Å². The smallest absolute Gasteiger partial charge is 0.287 e. The van der Waals surface area contributed by atoms with E-state index in [1.807, 2.05) is 23.1 Å². The number of hydrogen-bond acceptors (Lipinski definition) is 4. The van der Waals surface area contributed by atoms with Gasteiger partial charge in [0.1, 0.15) is 0 Å². The Morgan fingerprint density at radius 1 is 1.00 bits per heavy atom. The molecule has 0 bridgehead atoms. The second kappa shape index (κ2) is 8.48. The molecule has 0 saturated carbocycles. The molecule has 0 radical (unpaired) electrons. The second-order valence-electron chi connectivity index (χ2n) is 6.16. The van der Waals surface area contributed by atoms with Crippen LogP contribution >= 0.6 is 0 Å². The molecule has 2 amide bonds. The fourth-order valence-corrected chi connectivity index (χ4v) is 2.98. The lowest BCUT2D eigenvalue weighted by Gasteiger charge is -2.22. The Hall–Kier alpha value is -2.60. The summed E-state index contributed by atoms with van der Waals surface area (Å²) >= 11 is 0. The number of carbonyl (C=O) groups excluding carboxylic acids is 2. The highest BCUT2D eigenvalue weighted by atomic mass is 16.3. The van der Waals surface area contributed by atoms with Gasteiger partial charge in [0.15, 0.2) is 5.76 Å². The van der Waals surface area contributed by atoms with Crippen molar-refractivity contribution in [2.75, 3.05) is 32.7 Å². The molecule has 1 aliphatic rings. The fourth-order valence-electron chi connectivity index (χ4n) is 2.98. The third-order valence-electron chi connectivity index (χ3n) is 4.34. The molecule has 0 atom stereocenters. The molecule has 6 nitrogen and oxygen atoms in total. The Labute approximate surface area is 147 Å². The Balaban J connectivity index is 1.45. The van der Waals surface area contributed by atoms with E-state index in [4.69, 9.17) is 4.42 Å². The van der Waals surface area contributed by atoms with Gasteiger partial charge in [0.2, 0.25) is 5.91 Å². The summed E-state index contributed by atoms with van der Waals surface area (Å²) in [6.45, 7) is 4.11. The first-order valence-electron chi connectivity index (χ1n) is 8.58. The monoisotopic (exact) mass is 341 g/mol. The van der Waals surface area contributed by atoms with E-state index >= 15 is 0 Å². The Kier molecular flexibility index (Phi) is 5.85. The predicted molar refractivity (Wildman–Crippen MR) is 94.0 cm³/mol. The molecule has 2 heterocycles. The van der Waals surface area contributed by atoms with Crippen molar-refractivity contribution in [2.45, 2.75) is 13.0 Å². The van der Waals surface area contributed by atoms with E-state index < -0.39 is 0 Å². The van der Waals surface area contributed by atoms with E-state index in [0.717, 1.165) is 32.6 Å². The minimum Gasteiger partial charge on any atom is -0.459 e. The first-order valence-corrected chi connectivity index (χ1v) is 8.58. The summed E-state index contributed by atoms with van der Waals surface area (Å²) in [6, 6.07) is 13.6. The standard InChI is InChI=1S/C19H23N3O3/c23-18(14-20-19(24)17-8-4-13-25-17)22-10-5-9-21(11-12-22)15-16-6-2-1-3-7-16/h1-4,6-8,13H,5,9-12,14-15H2,(H,20,24). The van der Waals surface area contributed by atoms with Crippen LogP contribution in [-0.2, 0) is 11.3 Å². The molecule has 0 unspecified atom stereocenters. The molecule has 6 heteroatoms. The fraction of sp³-hybridized carbons (Fsp3) is 0.368. The van der Waals surface area contributed by atoms with Gasteiger partial charge in [-0.25, -0.2) is 0 Å². The van der Waals surface area contributed by atoms with Crippen LogP contribution < -0.4 is 5.32 Å². The zero-order valence-electron chi connectivity index (χ0n) is 14.2. The number of nitrogens with one attached hydrogen (secondary N) is 1. The summed E-state index contributed by atoms with van der Waals surface area (Å²) in [4.78, 5) is 28.4. The number of nitrogens with zero attached hydrogens (tertiary/aromatic N) is 2. The van der Waals surface area contributed by atoms with E-state index in [1.54, 1.807) is 12.1 Å². The summed E-state index contributed by atoms with van der Waals surface area (Å²) < 4.78 is 5.02. The lowest BCUT2D eigenvalue weighted by Crippen LogP contribution is -2.41. The third kappa shape index (κ3) is 4.93. The second-order valence-corrected chi connectivity index (χ2v) is 6.16. The van der Waals surface area contributed by atoms with Crippen LogP contribution in [-0.4, -0.2) is 54.3 Å². The first kappa shape index (κ1) is 17.2. The van der Waals surface area contributed by atoms with Crippen molar-refractivity contribution in [3.8, 4) is 0 Å². The molecule has 1 fully saturated rings. The molecule has 1 N–H and O–H groups in total. The summed E-state index contributed by atoms with van der Waals surface area (Å²) in [7, 11) is 0. The van der Waals surface area contributed by atoms with E-state index in [9.17, 15) is 9.59 Å². The van der Waals surface area contributed by atoms with Gasteiger partial charge in [-0.1, -0.05) is 30.3 Å². The van der Waals surface area contributed by atoms with Crippen molar-refractivity contribution in [2.24, 2.45) is 0 Å². The highest BCUT2D eigenvalue weighted by Gasteiger charge is 2.20. The van der Waals surface area contributed by atoms with Gasteiger partial charge in [0.05, 0.1) is 12.8 Å². The van der Waals surface area contributed by atoms with Crippen molar-refractivity contribution in [3.63, 3.8) is 0 Å². The molecular formula is C19H23N3O3. The highest BCUT2D eigenvalue weighted by Crippen LogP contribution is 2.09. The van der Waals surface area contributed by atoms with Crippen molar-refractivity contribution in [1.29, 1.82) is 0 Å². The Morgan fingerprint density at radius 3 is 2.60 bits per heavy atom. The lowest BCUT2D eigenvalue weighted by molar-refractivity contribution is -0.130. The van der Waals surface area contributed by atoms with Crippen molar-refractivity contribution in [3.05, 3.63) is 60.1 Å². The molecule has 3 rings (SSSR count). The average Bonchev–Trinajstić information content (AvgIpc) is 3.08. The zero-order chi connectivity index (χ0) is 17.5. The number of amides is 2. The third-order valence-corrected chi connectivity index (χ3v) is 4.34. The molecule has 1 saturated heterocycles. The van der Waals surface area contributed by atoms with Gasteiger partial charge in [-0.15, -0.1) is 0 Å². The van der Waals surface area contributed by atoms with Crippen molar-refractivity contribution < 1.29 is 14.0 Å². The predicted octanol–water partition coefficient (Wildman–Crippen LogP) is 1.74. The molecule has 1 aromatic heterocycles. The largest absolute Gasteiger partial charge is 0.459 e. The van der Waals surface area contributed by atoms with Crippen LogP contribution in [0.1, 0.15) is 22.5 Å².